The van der Waals surface area contributed by atoms with Gasteiger partial charge in [-0.15, -0.1) is 0 Å². The van der Waals surface area contributed by atoms with Gasteiger partial charge in [0.2, 0.25) is 0 Å². The Morgan fingerprint density at radius 2 is 2.11 bits per heavy atom. The maximum absolute atomic E-state index is 6.23. The van der Waals surface area contributed by atoms with E-state index in [1.807, 2.05) is 6.07 Å². The molecule has 0 radical (unpaired) electrons. The lowest BCUT2D eigenvalue weighted by molar-refractivity contribution is 0.133. The molecule has 3 atom stereocenters. The molecule has 0 heterocycles. The Hall–Kier alpha value is -0.700. The molecule has 0 spiro atoms. The van der Waals surface area contributed by atoms with Crippen molar-refractivity contribution in [2.75, 3.05) is 7.11 Å². The van der Waals surface area contributed by atoms with E-state index in [1.54, 1.807) is 7.11 Å². The maximum Gasteiger partial charge on any atom is 0.161 e. The minimum Gasteiger partial charge on any atom is -0.493 e. The van der Waals surface area contributed by atoms with Gasteiger partial charge >= 0.3 is 0 Å². The number of methoxy groups -OCH3 is 1. The topological polar surface area (TPSA) is 18.5 Å². The van der Waals surface area contributed by atoms with Crippen molar-refractivity contribution in [2.45, 2.75) is 37.1 Å². The molecule has 2 bridgehead atoms. The summed E-state index contributed by atoms with van der Waals surface area (Å²) >= 11 is 3.49. The Labute approximate surface area is 117 Å². The van der Waals surface area contributed by atoms with Gasteiger partial charge in [0.05, 0.1) is 7.11 Å². The van der Waals surface area contributed by atoms with Crippen LogP contribution < -0.4 is 9.47 Å². The molecule has 3 heteroatoms. The van der Waals surface area contributed by atoms with E-state index in [1.165, 1.54) is 31.2 Å². The number of halogens is 1. The number of hydrogen-bond acceptors (Lipinski definition) is 2. The summed E-state index contributed by atoms with van der Waals surface area (Å²) in [6.45, 7) is 0. The van der Waals surface area contributed by atoms with E-state index in [4.69, 9.17) is 9.47 Å². The van der Waals surface area contributed by atoms with Gasteiger partial charge in [-0.1, -0.05) is 22.0 Å². The monoisotopic (exact) mass is 310 g/mol. The van der Waals surface area contributed by atoms with Gasteiger partial charge in [-0.2, -0.15) is 0 Å². The largest absolute Gasteiger partial charge is 0.493 e. The van der Waals surface area contributed by atoms with Gasteiger partial charge in [0.1, 0.15) is 6.10 Å². The smallest absolute Gasteiger partial charge is 0.161 e. The van der Waals surface area contributed by atoms with E-state index in [2.05, 4.69) is 28.1 Å². The molecule has 0 aliphatic heterocycles. The van der Waals surface area contributed by atoms with Crippen LogP contribution in [0.5, 0.6) is 11.5 Å². The van der Waals surface area contributed by atoms with Gasteiger partial charge in [-0.25, -0.2) is 0 Å². The third-order valence-corrected chi connectivity index (χ3v) is 4.98. The minimum atomic E-state index is 0.406. The van der Waals surface area contributed by atoms with E-state index in [9.17, 15) is 0 Å². The van der Waals surface area contributed by atoms with Crippen LogP contribution in [0.4, 0.5) is 0 Å². The molecule has 0 N–H and O–H groups in total. The molecule has 0 aromatic heterocycles. The van der Waals surface area contributed by atoms with Gasteiger partial charge in [-0.05, 0) is 55.2 Å². The molecule has 2 nitrogen and oxygen atoms in total. The molecule has 18 heavy (non-hydrogen) atoms. The summed E-state index contributed by atoms with van der Waals surface area (Å²) in [5, 5.41) is 0.851. The first-order valence-corrected chi connectivity index (χ1v) is 7.82. The summed E-state index contributed by atoms with van der Waals surface area (Å²) in [4.78, 5) is 0. The Kier molecular flexibility index (Phi) is 3.51. The van der Waals surface area contributed by atoms with Crippen molar-refractivity contribution in [3.63, 3.8) is 0 Å². The zero-order valence-electron chi connectivity index (χ0n) is 10.7. The molecule has 2 aliphatic rings. The Morgan fingerprint density at radius 3 is 2.72 bits per heavy atom. The van der Waals surface area contributed by atoms with Gasteiger partial charge in [0.25, 0.3) is 0 Å². The van der Waals surface area contributed by atoms with E-state index in [0.717, 1.165) is 28.7 Å². The fraction of sp³-hybridized carbons (Fsp3) is 0.600. The minimum absolute atomic E-state index is 0.406. The quantitative estimate of drug-likeness (QED) is 0.778. The number of benzene rings is 1. The summed E-state index contributed by atoms with van der Waals surface area (Å²) in [7, 11) is 1.71. The van der Waals surface area contributed by atoms with E-state index < -0.39 is 0 Å². The Bertz CT molecular complexity index is 433. The first-order valence-electron chi connectivity index (χ1n) is 6.69. The fourth-order valence-electron chi connectivity index (χ4n) is 3.39. The average molecular weight is 311 g/mol. The van der Waals surface area contributed by atoms with Gasteiger partial charge in [0, 0.05) is 5.33 Å². The van der Waals surface area contributed by atoms with Crippen molar-refractivity contribution < 1.29 is 9.47 Å². The molecule has 3 unspecified atom stereocenters. The number of hydrogen-bond donors (Lipinski definition) is 0. The van der Waals surface area contributed by atoms with Crippen LogP contribution in [-0.2, 0) is 5.33 Å². The predicted molar refractivity (Wildman–Crippen MR) is 75.5 cm³/mol. The molecule has 2 saturated carbocycles. The molecular formula is C15H19BrO2. The summed E-state index contributed by atoms with van der Waals surface area (Å²) in [5.41, 5.74) is 1.23. The van der Waals surface area contributed by atoms with E-state index >= 15 is 0 Å². The summed E-state index contributed by atoms with van der Waals surface area (Å²) in [6.07, 6.45) is 5.75. The molecular weight excluding hydrogens is 292 g/mol. The highest BCUT2D eigenvalue weighted by Gasteiger charge is 2.41. The van der Waals surface area contributed by atoms with Crippen LogP contribution >= 0.6 is 15.9 Å². The van der Waals surface area contributed by atoms with Gasteiger partial charge < -0.3 is 9.47 Å². The van der Waals surface area contributed by atoms with Crippen LogP contribution in [0.15, 0.2) is 18.2 Å². The van der Waals surface area contributed by atoms with E-state index in [0.29, 0.717) is 6.10 Å². The van der Waals surface area contributed by atoms with Crippen molar-refractivity contribution in [3.8, 4) is 11.5 Å². The lowest BCUT2D eigenvalue weighted by atomic mass is 9.98. The summed E-state index contributed by atoms with van der Waals surface area (Å²) in [5.74, 6) is 3.44. The standard InChI is InChI=1S/C15H19BrO2/c1-17-13-5-3-11(9-16)8-15(13)18-14-7-10-2-4-12(14)6-10/h3,5,8,10,12,14H,2,4,6-7,9H2,1H3. The normalized spacial score (nSPS) is 29.6. The summed E-state index contributed by atoms with van der Waals surface area (Å²) in [6, 6.07) is 6.17. The van der Waals surface area contributed by atoms with Crippen LogP contribution in [0.2, 0.25) is 0 Å². The number of ether oxygens (including phenoxy) is 2. The highest BCUT2D eigenvalue weighted by molar-refractivity contribution is 9.08. The first-order chi connectivity index (χ1) is 8.80. The SMILES string of the molecule is COc1ccc(CBr)cc1OC1CC2CCC1C2. The lowest BCUT2D eigenvalue weighted by Crippen LogP contribution is -2.23. The zero-order chi connectivity index (χ0) is 12.5. The molecule has 1 aromatic carbocycles. The van der Waals surface area contributed by atoms with Crippen LogP contribution in [0.1, 0.15) is 31.2 Å². The number of alkyl halides is 1. The Morgan fingerprint density at radius 1 is 1.22 bits per heavy atom. The van der Waals surface area contributed by atoms with Crippen LogP contribution in [-0.4, -0.2) is 13.2 Å². The first kappa shape index (κ1) is 12.3. The van der Waals surface area contributed by atoms with Crippen molar-refractivity contribution in [1.29, 1.82) is 0 Å². The molecule has 2 fully saturated rings. The molecule has 3 rings (SSSR count). The third kappa shape index (κ3) is 2.25. The highest BCUT2D eigenvalue weighted by atomic mass is 79.9. The lowest BCUT2D eigenvalue weighted by Gasteiger charge is -2.24. The zero-order valence-corrected chi connectivity index (χ0v) is 12.3. The average Bonchev–Trinajstić information content (AvgIpc) is 3.01. The van der Waals surface area contributed by atoms with Crippen molar-refractivity contribution in [1.82, 2.24) is 0 Å². The molecule has 1 aromatic rings. The Balaban J connectivity index is 1.78. The number of fused-ring (bicyclic) bond motifs is 2. The van der Waals surface area contributed by atoms with Crippen LogP contribution in [0.3, 0.4) is 0 Å². The molecule has 0 saturated heterocycles. The second-order valence-corrected chi connectivity index (χ2v) is 6.01. The maximum atomic E-state index is 6.23. The van der Waals surface area contributed by atoms with Crippen LogP contribution in [0, 0.1) is 11.8 Å². The predicted octanol–water partition coefficient (Wildman–Crippen LogP) is 4.16. The van der Waals surface area contributed by atoms with Crippen molar-refractivity contribution in [2.24, 2.45) is 11.8 Å². The fourth-order valence-corrected chi connectivity index (χ4v) is 3.74. The number of rotatable bonds is 4. The van der Waals surface area contributed by atoms with Gasteiger partial charge in [-0.3, -0.25) is 0 Å². The molecule has 0 amide bonds. The third-order valence-electron chi connectivity index (χ3n) is 4.33. The molecule has 2 aliphatic carbocycles. The van der Waals surface area contributed by atoms with Gasteiger partial charge in [0.15, 0.2) is 11.5 Å². The second kappa shape index (κ2) is 5.12. The van der Waals surface area contributed by atoms with Crippen molar-refractivity contribution >= 4 is 15.9 Å². The summed E-state index contributed by atoms with van der Waals surface area (Å²) < 4.78 is 11.6. The molecule has 98 valence electrons. The highest BCUT2D eigenvalue weighted by Crippen LogP contribution is 2.46. The van der Waals surface area contributed by atoms with Crippen molar-refractivity contribution in [3.05, 3.63) is 23.8 Å². The van der Waals surface area contributed by atoms with E-state index in [-0.39, 0.29) is 0 Å². The van der Waals surface area contributed by atoms with Crippen LogP contribution in [0.25, 0.3) is 0 Å². The second-order valence-electron chi connectivity index (χ2n) is 5.45.